The van der Waals surface area contributed by atoms with Gasteiger partial charge in [-0.15, -0.1) is 0 Å². The molecule has 15 nitrogen and oxygen atoms in total. The van der Waals surface area contributed by atoms with Crippen LogP contribution >= 0.6 is 35.7 Å². The zero-order valence-corrected chi connectivity index (χ0v) is 18.6. The van der Waals surface area contributed by atoms with Crippen LogP contribution in [-0.4, -0.2) is 58.5 Å². The summed E-state index contributed by atoms with van der Waals surface area (Å²) in [5.41, 5.74) is 2.50. The molecule has 178 valence electrons. The van der Waals surface area contributed by atoms with Crippen LogP contribution in [-0.2, 0) is 31.6 Å². The minimum absolute atomic E-state index is 0.0560. The maximum Gasteiger partial charge on any atom is 0.490 e. The highest BCUT2D eigenvalue weighted by Gasteiger charge is 2.65. The van der Waals surface area contributed by atoms with Crippen LogP contribution < -0.4 is 5.73 Å². The van der Waals surface area contributed by atoms with Gasteiger partial charge in [0.2, 0.25) is 4.77 Å². The fraction of sp³-hybridized carbons (Fsp3) is 0.600. The van der Waals surface area contributed by atoms with Gasteiger partial charge in [-0.25, -0.2) is 27.5 Å². The molecular weight excluding hydrogens is 517 g/mol. The molecule has 0 spiro atoms. The van der Waals surface area contributed by atoms with E-state index in [1.165, 1.54) is 0 Å². The molecule has 1 fully saturated rings. The molecule has 1 saturated heterocycles. The Labute approximate surface area is 176 Å². The summed E-state index contributed by atoms with van der Waals surface area (Å²) in [5.74, 6) is -3.59. The van der Waals surface area contributed by atoms with Gasteiger partial charge in [-0.3, -0.25) is 9.09 Å². The van der Waals surface area contributed by atoms with Gasteiger partial charge in [0.1, 0.15) is 12.4 Å². The third kappa shape index (κ3) is 6.42. The zero-order valence-electron chi connectivity index (χ0n) is 15.1. The molecule has 7 N–H and O–H groups in total. The van der Waals surface area contributed by atoms with Crippen molar-refractivity contribution in [1.82, 2.24) is 9.55 Å². The molecule has 0 aliphatic carbocycles. The van der Waals surface area contributed by atoms with E-state index in [2.05, 4.69) is 18.1 Å². The summed E-state index contributed by atoms with van der Waals surface area (Å²) in [6.07, 6.45) is -3.54. The Morgan fingerprint density at radius 3 is 2.35 bits per heavy atom. The number of rotatable bonds is 8. The number of alkyl halides is 2. The van der Waals surface area contributed by atoms with Crippen LogP contribution in [0.5, 0.6) is 0 Å². The zero-order chi connectivity index (χ0) is 24.0. The molecule has 1 aromatic heterocycles. The lowest BCUT2D eigenvalue weighted by molar-refractivity contribution is -0.204. The number of hydrogen-bond acceptors (Lipinski definition) is 11. The standard InChI is InChI=1S/C10H16F2N3O12P3S/c1-9(11)6(16)10(12,25-7(9)15-3-2-5(13)14-8(15)31)4-24-29(20,21)27-30(22,23)26-28(17,18)19/h2-3,6-7,16H,4H2,1H3,(H,20,21)(H,22,23)(H2,13,14,31)(H2,17,18,19)/t6?,7-,9-,10-/m1/s1. The van der Waals surface area contributed by atoms with E-state index >= 15 is 8.78 Å². The van der Waals surface area contributed by atoms with Crippen molar-refractivity contribution in [3.8, 4) is 0 Å². The molecule has 3 unspecified atom stereocenters. The predicted molar refractivity (Wildman–Crippen MR) is 96.8 cm³/mol. The molecule has 0 saturated carbocycles. The lowest BCUT2D eigenvalue weighted by Gasteiger charge is -2.26. The van der Waals surface area contributed by atoms with Crippen molar-refractivity contribution < 1.29 is 65.0 Å². The molecule has 31 heavy (non-hydrogen) atoms. The van der Waals surface area contributed by atoms with Crippen LogP contribution in [0.4, 0.5) is 14.6 Å². The average molecular weight is 533 g/mol. The third-order valence-electron chi connectivity index (χ3n) is 3.68. The lowest BCUT2D eigenvalue weighted by atomic mass is 9.97. The van der Waals surface area contributed by atoms with Crippen LogP contribution in [0.3, 0.4) is 0 Å². The molecule has 1 aromatic rings. The van der Waals surface area contributed by atoms with Gasteiger partial charge in [0.15, 0.2) is 18.0 Å². The molecule has 0 aromatic carbocycles. The van der Waals surface area contributed by atoms with Crippen LogP contribution in [0.2, 0.25) is 0 Å². The van der Waals surface area contributed by atoms with Gasteiger partial charge in [0.25, 0.3) is 5.85 Å². The van der Waals surface area contributed by atoms with Crippen molar-refractivity contribution in [2.75, 3.05) is 12.3 Å². The number of hydrogen-bond donors (Lipinski definition) is 6. The highest BCUT2D eigenvalue weighted by molar-refractivity contribution is 7.71. The summed E-state index contributed by atoms with van der Waals surface area (Å²) >= 11 is 4.87. The SMILES string of the molecule is C[C@@]1(F)C(O)[C@@](F)(COP(=O)(O)OP(=O)(O)OP(=O)(O)O)O[C@H]1n1ccc(N)nc1=S. The molecule has 21 heteroatoms. The van der Waals surface area contributed by atoms with Crippen LogP contribution in [0, 0.1) is 4.77 Å². The third-order valence-corrected chi connectivity index (χ3v) is 7.76. The Kier molecular flexibility index (Phi) is 7.34. The first-order valence-electron chi connectivity index (χ1n) is 7.65. The fourth-order valence-corrected chi connectivity index (χ4v) is 5.74. The lowest BCUT2D eigenvalue weighted by Crippen LogP contribution is -2.46. The normalized spacial score (nSPS) is 33.0. The summed E-state index contributed by atoms with van der Waals surface area (Å²) in [7, 11) is -17.3. The summed E-state index contributed by atoms with van der Waals surface area (Å²) in [4.78, 5) is 39.0. The number of nitrogens with two attached hydrogens (primary N) is 1. The van der Waals surface area contributed by atoms with E-state index in [0.717, 1.165) is 16.8 Å². The maximum absolute atomic E-state index is 15.1. The summed E-state index contributed by atoms with van der Waals surface area (Å²) in [6.45, 7) is -1.03. The van der Waals surface area contributed by atoms with Crippen LogP contribution in [0.15, 0.2) is 12.3 Å². The van der Waals surface area contributed by atoms with Crippen LogP contribution in [0.1, 0.15) is 13.2 Å². The van der Waals surface area contributed by atoms with Gasteiger partial charge in [-0.05, 0) is 25.2 Å². The number of ether oxygens (including phenoxy) is 1. The number of nitrogen functional groups attached to an aromatic ring is 1. The largest absolute Gasteiger partial charge is 0.490 e. The Morgan fingerprint density at radius 2 is 1.84 bits per heavy atom. The second-order valence-electron chi connectivity index (χ2n) is 6.22. The van der Waals surface area contributed by atoms with Crippen molar-refractivity contribution in [3.63, 3.8) is 0 Å². The molecule has 2 heterocycles. The Bertz CT molecular complexity index is 1050. The molecule has 0 bridgehead atoms. The van der Waals surface area contributed by atoms with E-state index in [-0.39, 0.29) is 10.6 Å². The molecule has 0 radical (unpaired) electrons. The minimum atomic E-state index is -5.87. The maximum atomic E-state index is 15.1. The van der Waals surface area contributed by atoms with Gasteiger partial charge >= 0.3 is 23.5 Å². The van der Waals surface area contributed by atoms with E-state index in [0.29, 0.717) is 6.92 Å². The molecule has 2 rings (SSSR count). The predicted octanol–water partition coefficient (Wildman–Crippen LogP) is 0.822. The van der Waals surface area contributed by atoms with Crippen LogP contribution in [0.25, 0.3) is 0 Å². The van der Waals surface area contributed by atoms with Gasteiger partial charge < -0.3 is 35.2 Å². The Morgan fingerprint density at radius 1 is 1.26 bits per heavy atom. The van der Waals surface area contributed by atoms with Crippen molar-refractivity contribution in [2.45, 2.75) is 30.8 Å². The summed E-state index contributed by atoms with van der Waals surface area (Å²) in [5, 5.41) is 10.0. The van der Waals surface area contributed by atoms with E-state index in [9.17, 15) is 23.7 Å². The molecule has 1 aliphatic heterocycles. The fourth-order valence-electron chi connectivity index (χ4n) is 2.44. The first-order valence-corrected chi connectivity index (χ1v) is 12.6. The number of phosphoric ester groups is 1. The summed E-state index contributed by atoms with van der Waals surface area (Å²) < 4.78 is 79.9. The van der Waals surface area contributed by atoms with E-state index in [4.69, 9.17) is 37.4 Å². The van der Waals surface area contributed by atoms with Crippen molar-refractivity contribution in [1.29, 1.82) is 0 Å². The number of aromatic nitrogens is 2. The number of aliphatic hydroxyl groups excluding tert-OH is 1. The van der Waals surface area contributed by atoms with Crippen molar-refractivity contribution in [3.05, 3.63) is 17.0 Å². The quantitative estimate of drug-likeness (QED) is 0.201. The molecule has 6 atom stereocenters. The average Bonchev–Trinajstić information content (AvgIpc) is 2.71. The Balaban J connectivity index is 2.21. The van der Waals surface area contributed by atoms with Crippen molar-refractivity contribution in [2.24, 2.45) is 0 Å². The van der Waals surface area contributed by atoms with E-state index in [1.54, 1.807) is 0 Å². The second-order valence-corrected chi connectivity index (χ2v) is 11.0. The van der Waals surface area contributed by atoms with Gasteiger partial charge in [-0.1, -0.05) is 0 Å². The molecule has 0 amide bonds. The molecular formula is C10H16F2N3O12P3S. The highest BCUT2D eigenvalue weighted by atomic mass is 32.1. The van der Waals surface area contributed by atoms with Gasteiger partial charge in [0, 0.05) is 6.20 Å². The Hall–Kier alpha value is -0.710. The number of aliphatic hydroxyl groups is 1. The number of nitrogens with zero attached hydrogens (tertiary/aromatic N) is 2. The summed E-state index contributed by atoms with van der Waals surface area (Å²) in [6, 6.07) is 1.16. The number of halogens is 2. The second kappa shape index (κ2) is 8.57. The first-order chi connectivity index (χ1) is 13.8. The topological polar surface area (TPSA) is 233 Å². The molecule has 1 aliphatic rings. The van der Waals surface area contributed by atoms with Crippen molar-refractivity contribution >= 4 is 41.5 Å². The van der Waals surface area contributed by atoms with E-state index < -0.39 is 53.9 Å². The highest BCUT2D eigenvalue weighted by Crippen LogP contribution is 2.66. The van der Waals surface area contributed by atoms with Gasteiger partial charge in [0.05, 0.1) is 0 Å². The minimum Gasteiger partial charge on any atom is -0.384 e. The smallest absolute Gasteiger partial charge is 0.384 e. The number of phosphoric acid groups is 3. The number of anilines is 1. The van der Waals surface area contributed by atoms with E-state index in [1.807, 2.05) is 0 Å². The van der Waals surface area contributed by atoms with Gasteiger partial charge in [-0.2, -0.15) is 8.62 Å². The monoisotopic (exact) mass is 533 g/mol. The first kappa shape index (κ1) is 26.5.